The van der Waals surface area contributed by atoms with Gasteiger partial charge in [0, 0.05) is 30.4 Å². The van der Waals surface area contributed by atoms with E-state index in [1.807, 2.05) is 0 Å². The van der Waals surface area contributed by atoms with Gasteiger partial charge in [0.2, 0.25) is 0 Å². The molecule has 1 aromatic rings. The minimum absolute atomic E-state index is 0.559. The third-order valence-electron chi connectivity index (χ3n) is 4.38. The maximum atomic E-state index is 4.63. The summed E-state index contributed by atoms with van der Waals surface area (Å²) >= 11 is 0. The van der Waals surface area contributed by atoms with Crippen LogP contribution in [-0.2, 0) is 0 Å². The van der Waals surface area contributed by atoms with Crippen LogP contribution < -0.4 is 0 Å². The Morgan fingerprint density at radius 3 is 2.50 bits per heavy atom. The second kappa shape index (κ2) is 4.96. The lowest BCUT2D eigenvalue weighted by molar-refractivity contribution is 0.203. The summed E-state index contributed by atoms with van der Waals surface area (Å²) in [4.78, 5) is 11.9. The molecule has 1 atom stereocenters. The highest BCUT2D eigenvalue weighted by molar-refractivity contribution is 5.12. The maximum Gasteiger partial charge on any atom is 0.133 e. The van der Waals surface area contributed by atoms with Crippen molar-refractivity contribution in [1.29, 1.82) is 0 Å². The fourth-order valence-electron chi connectivity index (χ4n) is 3.19. The molecule has 3 rings (SSSR count). The predicted molar refractivity (Wildman–Crippen MR) is 72.6 cm³/mol. The van der Waals surface area contributed by atoms with Crippen molar-refractivity contribution < 1.29 is 0 Å². The molecule has 1 aliphatic heterocycles. The maximum absolute atomic E-state index is 4.63. The summed E-state index contributed by atoms with van der Waals surface area (Å²) in [6.45, 7) is 7.84. The van der Waals surface area contributed by atoms with Gasteiger partial charge >= 0.3 is 0 Å². The molecule has 0 bridgehead atoms. The van der Waals surface area contributed by atoms with Crippen molar-refractivity contribution >= 4 is 0 Å². The molecule has 98 valence electrons. The van der Waals surface area contributed by atoms with E-state index in [-0.39, 0.29) is 0 Å². The van der Waals surface area contributed by atoms with E-state index >= 15 is 0 Å². The highest BCUT2D eigenvalue weighted by Crippen LogP contribution is 2.31. The molecule has 3 nitrogen and oxygen atoms in total. The Morgan fingerprint density at radius 1 is 1.17 bits per heavy atom. The van der Waals surface area contributed by atoms with Gasteiger partial charge in [0.05, 0.1) is 0 Å². The van der Waals surface area contributed by atoms with Crippen LogP contribution in [0.3, 0.4) is 0 Å². The number of hydrogen-bond acceptors (Lipinski definition) is 3. The zero-order valence-electron chi connectivity index (χ0n) is 11.5. The highest BCUT2D eigenvalue weighted by atomic mass is 15.2. The zero-order chi connectivity index (χ0) is 12.5. The Labute approximate surface area is 110 Å². The third-order valence-corrected chi connectivity index (χ3v) is 4.38. The molecule has 18 heavy (non-hydrogen) atoms. The molecule has 2 heterocycles. The highest BCUT2D eigenvalue weighted by Gasteiger charge is 2.29. The van der Waals surface area contributed by atoms with Crippen LogP contribution in [0.4, 0.5) is 0 Å². The van der Waals surface area contributed by atoms with Crippen LogP contribution in [0.1, 0.15) is 48.8 Å². The topological polar surface area (TPSA) is 29.0 Å². The average molecular weight is 245 g/mol. The minimum atomic E-state index is 0.559. The van der Waals surface area contributed by atoms with Gasteiger partial charge in [-0.15, -0.1) is 0 Å². The molecule has 1 saturated carbocycles. The van der Waals surface area contributed by atoms with Gasteiger partial charge < -0.3 is 4.90 Å². The van der Waals surface area contributed by atoms with Gasteiger partial charge in [0.25, 0.3) is 0 Å². The molecule has 0 N–H and O–H groups in total. The summed E-state index contributed by atoms with van der Waals surface area (Å²) in [6.07, 6.45) is 5.57. The van der Waals surface area contributed by atoms with Crippen LogP contribution in [-0.4, -0.2) is 34.5 Å². The molecule has 2 fully saturated rings. The molecule has 1 aromatic heterocycles. The van der Waals surface area contributed by atoms with Crippen LogP contribution in [0.15, 0.2) is 6.07 Å². The van der Waals surface area contributed by atoms with Gasteiger partial charge in [0.15, 0.2) is 0 Å². The lowest BCUT2D eigenvalue weighted by atomic mass is 9.85. The van der Waals surface area contributed by atoms with E-state index in [0.717, 1.165) is 23.1 Å². The minimum Gasteiger partial charge on any atom is -0.302 e. The first-order valence-electron chi connectivity index (χ1n) is 7.25. The summed E-state index contributed by atoms with van der Waals surface area (Å²) in [6, 6.07) is 2.06. The van der Waals surface area contributed by atoms with E-state index in [1.165, 1.54) is 45.3 Å². The lowest BCUT2D eigenvalue weighted by Gasteiger charge is -2.29. The van der Waals surface area contributed by atoms with Gasteiger partial charge in [-0.1, -0.05) is 6.42 Å². The van der Waals surface area contributed by atoms with Gasteiger partial charge in [-0.3, -0.25) is 0 Å². The monoisotopic (exact) mass is 245 g/mol. The smallest absolute Gasteiger partial charge is 0.133 e. The molecule has 1 unspecified atom stereocenters. The molecule has 2 aliphatic rings. The van der Waals surface area contributed by atoms with E-state index in [1.54, 1.807) is 0 Å². The lowest BCUT2D eigenvalue weighted by Crippen LogP contribution is -2.30. The van der Waals surface area contributed by atoms with E-state index < -0.39 is 0 Å². The summed E-state index contributed by atoms with van der Waals surface area (Å²) in [5.74, 6) is 2.61. The number of hydrogen-bond donors (Lipinski definition) is 0. The molecular formula is C15H23N3. The Bertz CT molecular complexity index is 405. The van der Waals surface area contributed by atoms with Crippen LogP contribution in [0.25, 0.3) is 0 Å². The van der Waals surface area contributed by atoms with Crippen molar-refractivity contribution in [3.63, 3.8) is 0 Å². The standard InChI is InChI=1S/C15H23N3/c1-11-8-12(2)17-15(16-11)14-6-7-18(10-14)9-13-4-3-5-13/h8,13-14H,3-7,9-10H2,1-2H3. The first kappa shape index (κ1) is 12.1. The largest absolute Gasteiger partial charge is 0.302 e. The van der Waals surface area contributed by atoms with Crippen LogP contribution >= 0.6 is 0 Å². The van der Waals surface area contributed by atoms with Crippen LogP contribution in [0.5, 0.6) is 0 Å². The van der Waals surface area contributed by atoms with Crippen LogP contribution in [0, 0.1) is 19.8 Å². The number of rotatable bonds is 3. The normalized spacial score (nSPS) is 25.3. The van der Waals surface area contributed by atoms with Crippen LogP contribution in [0.2, 0.25) is 0 Å². The van der Waals surface area contributed by atoms with Crippen molar-refractivity contribution in [2.45, 2.75) is 45.4 Å². The number of aromatic nitrogens is 2. The van der Waals surface area contributed by atoms with Crippen molar-refractivity contribution in [1.82, 2.24) is 14.9 Å². The Balaban J connectivity index is 1.63. The fourth-order valence-corrected chi connectivity index (χ4v) is 3.19. The molecule has 3 heteroatoms. The summed E-state index contributed by atoms with van der Waals surface area (Å²) in [7, 11) is 0. The number of aryl methyl sites for hydroxylation is 2. The van der Waals surface area contributed by atoms with Crippen molar-refractivity contribution in [2.75, 3.05) is 19.6 Å². The van der Waals surface area contributed by atoms with E-state index in [4.69, 9.17) is 0 Å². The molecule has 0 amide bonds. The Hall–Kier alpha value is -0.960. The number of likely N-dealkylation sites (tertiary alicyclic amines) is 1. The van der Waals surface area contributed by atoms with Crippen molar-refractivity contribution in [3.05, 3.63) is 23.3 Å². The third kappa shape index (κ3) is 2.56. The fraction of sp³-hybridized carbons (Fsp3) is 0.733. The Kier molecular flexibility index (Phi) is 3.33. The quantitative estimate of drug-likeness (QED) is 0.820. The van der Waals surface area contributed by atoms with E-state index in [2.05, 4.69) is 34.8 Å². The zero-order valence-corrected chi connectivity index (χ0v) is 11.5. The summed E-state index contributed by atoms with van der Waals surface area (Å²) in [5.41, 5.74) is 2.21. The van der Waals surface area contributed by atoms with Gasteiger partial charge in [0.1, 0.15) is 5.82 Å². The molecule has 0 aromatic carbocycles. The molecular weight excluding hydrogens is 222 g/mol. The summed E-state index contributed by atoms with van der Waals surface area (Å²) in [5, 5.41) is 0. The number of nitrogens with zero attached hydrogens (tertiary/aromatic N) is 3. The SMILES string of the molecule is Cc1cc(C)nc(C2CCN(CC3CCC3)C2)n1. The van der Waals surface area contributed by atoms with E-state index in [0.29, 0.717) is 5.92 Å². The molecule has 0 spiro atoms. The predicted octanol–water partition coefficient (Wildman–Crippen LogP) is 2.68. The second-order valence-corrected chi connectivity index (χ2v) is 6.05. The van der Waals surface area contributed by atoms with Crippen molar-refractivity contribution in [2.24, 2.45) is 5.92 Å². The first-order chi connectivity index (χ1) is 8.70. The molecule has 1 saturated heterocycles. The van der Waals surface area contributed by atoms with E-state index in [9.17, 15) is 0 Å². The molecule has 1 aliphatic carbocycles. The van der Waals surface area contributed by atoms with Gasteiger partial charge in [-0.2, -0.15) is 0 Å². The Morgan fingerprint density at radius 2 is 1.89 bits per heavy atom. The summed E-state index contributed by atoms with van der Waals surface area (Å²) < 4.78 is 0. The van der Waals surface area contributed by atoms with Gasteiger partial charge in [-0.25, -0.2) is 9.97 Å². The first-order valence-corrected chi connectivity index (χ1v) is 7.25. The second-order valence-electron chi connectivity index (χ2n) is 6.05. The molecule has 0 radical (unpaired) electrons. The van der Waals surface area contributed by atoms with Gasteiger partial charge in [-0.05, 0) is 51.6 Å². The van der Waals surface area contributed by atoms with Crippen molar-refractivity contribution in [3.8, 4) is 0 Å². The average Bonchev–Trinajstić information content (AvgIpc) is 2.70.